The van der Waals surface area contributed by atoms with Crippen LogP contribution in [0.3, 0.4) is 0 Å². The van der Waals surface area contributed by atoms with E-state index in [9.17, 15) is 4.79 Å². The number of methoxy groups -OCH3 is 1. The van der Waals surface area contributed by atoms with Crippen LogP contribution in [0.4, 0.5) is 0 Å². The zero-order valence-corrected chi connectivity index (χ0v) is 14.5. The van der Waals surface area contributed by atoms with Crippen LogP contribution in [0, 0.1) is 0 Å². The summed E-state index contributed by atoms with van der Waals surface area (Å²) in [6.07, 6.45) is 5.20. The molecule has 0 bridgehead atoms. The van der Waals surface area contributed by atoms with E-state index in [0.29, 0.717) is 5.56 Å². The molecule has 1 atom stereocenters. The van der Waals surface area contributed by atoms with Gasteiger partial charge in [0, 0.05) is 25.5 Å². The highest BCUT2D eigenvalue weighted by Gasteiger charge is 2.42. The quantitative estimate of drug-likeness (QED) is 0.870. The SMILES string of the molecule is COC1(C(C)NC(=O)c2ccc(OC3CCOCC3)cc2)CCC1. The van der Waals surface area contributed by atoms with Gasteiger partial charge in [-0.3, -0.25) is 4.79 Å². The number of rotatable bonds is 6. The molecule has 5 heteroatoms. The highest BCUT2D eigenvalue weighted by Crippen LogP contribution is 2.38. The monoisotopic (exact) mass is 333 g/mol. The second-order valence-electron chi connectivity index (χ2n) is 6.77. The van der Waals surface area contributed by atoms with E-state index in [1.807, 2.05) is 31.2 Å². The molecule has 3 rings (SSSR count). The Balaban J connectivity index is 1.55. The topological polar surface area (TPSA) is 56.8 Å². The number of benzene rings is 1. The molecule has 1 aromatic rings. The van der Waals surface area contributed by atoms with Crippen molar-refractivity contribution in [2.75, 3.05) is 20.3 Å². The van der Waals surface area contributed by atoms with E-state index in [4.69, 9.17) is 14.2 Å². The molecule has 1 saturated carbocycles. The average Bonchev–Trinajstić information content (AvgIpc) is 2.56. The number of carbonyl (C=O) groups is 1. The van der Waals surface area contributed by atoms with E-state index in [2.05, 4.69) is 5.32 Å². The lowest BCUT2D eigenvalue weighted by Crippen LogP contribution is -2.56. The summed E-state index contributed by atoms with van der Waals surface area (Å²) in [6.45, 7) is 3.53. The Morgan fingerprint density at radius 2 is 1.92 bits per heavy atom. The van der Waals surface area contributed by atoms with Crippen molar-refractivity contribution < 1.29 is 19.0 Å². The van der Waals surface area contributed by atoms with Crippen LogP contribution < -0.4 is 10.1 Å². The number of nitrogens with one attached hydrogen (secondary N) is 1. The standard InChI is InChI=1S/C19H27NO4/c1-14(19(22-2)10-3-11-19)20-18(21)15-4-6-16(7-5-15)24-17-8-12-23-13-9-17/h4-7,14,17H,3,8-13H2,1-2H3,(H,20,21). The molecule has 1 aliphatic carbocycles. The summed E-state index contributed by atoms with van der Waals surface area (Å²) < 4.78 is 16.9. The Morgan fingerprint density at radius 1 is 1.25 bits per heavy atom. The fraction of sp³-hybridized carbons (Fsp3) is 0.632. The van der Waals surface area contributed by atoms with Gasteiger partial charge in [0.05, 0.1) is 24.9 Å². The first-order valence-corrected chi connectivity index (χ1v) is 8.83. The van der Waals surface area contributed by atoms with E-state index in [-0.39, 0.29) is 23.7 Å². The van der Waals surface area contributed by atoms with Crippen LogP contribution in [0.2, 0.25) is 0 Å². The Bertz CT molecular complexity index is 541. The maximum absolute atomic E-state index is 12.4. The third-order valence-electron chi connectivity index (χ3n) is 5.33. The van der Waals surface area contributed by atoms with E-state index in [0.717, 1.165) is 51.1 Å². The van der Waals surface area contributed by atoms with Crippen molar-refractivity contribution in [2.45, 2.75) is 56.8 Å². The largest absolute Gasteiger partial charge is 0.490 e. The van der Waals surface area contributed by atoms with E-state index < -0.39 is 0 Å². The lowest BCUT2D eigenvalue weighted by molar-refractivity contribution is -0.0919. The summed E-state index contributed by atoms with van der Waals surface area (Å²) in [6, 6.07) is 7.37. The third kappa shape index (κ3) is 3.73. The van der Waals surface area contributed by atoms with Gasteiger partial charge in [0.15, 0.2) is 0 Å². The van der Waals surface area contributed by atoms with Crippen LogP contribution in [0.25, 0.3) is 0 Å². The Labute approximate surface area is 143 Å². The first-order chi connectivity index (χ1) is 11.6. The normalized spacial score (nSPS) is 21.6. The predicted octanol–water partition coefficient (Wildman–Crippen LogP) is 2.93. The van der Waals surface area contributed by atoms with Gasteiger partial charge < -0.3 is 19.5 Å². The summed E-state index contributed by atoms with van der Waals surface area (Å²) in [4.78, 5) is 12.4. The van der Waals surface area contributed by atoms with Gasteiger partial charge in [-0.2, -0.15) is 0 Å². The molecule has 24 heavy (non-hydrogen) atoms. The number of amides is 1. The molecular formula is C19H27NO4. The lowest BCUT2D eigenvalue weighted by atomic mass is 9.75. The van der Waals surface area contributed by atoms with E-state index >= 15 is 0 Å². The van der Waals surface area contributed by atoms with Gasteiger partial charge in [-0.05, 0) is 50.5 Å². The van der Waals surface area contributed by atoms with Gasteiger partial charge in [-0.15, -0.1) is 0 Å². The summed E-state index contributed by atoms with van der Waals surface area (Å²) in [5.41, 5.74) is 0.452. The molecule has 1 N–H and O–H groups in total. The zero-order chi connectivity index (χ0) is 17.0. The van der Waals surface area contributed by atoms with Crippen LogP contribution in [0.15, 0.2) is 24.3 Å². The van der Waals surface area contributed by atoms with Gasteiger partial charge >= 0.3 is 0 Å². The summed E-state index contributed by atoms with van der Waals surface area (Å²) >= 11 is 0. The van der Waals surface area contributed by atoms with Gasteiger partial charge in [0.25, 0.3) is 5.91 Å². The maximum atomic E-state index is 12.4. The maximum Gasteiger partial charge on any atom is 0.251 e. The smallest absolute Gasteiger partial charge is 0.251 e. The number of carbonyl (C=O) groups excluding carboxylic acids is 1. The first-order valence-electron chi connectivity index (χ1n) is 8.83. The molecular weight excluding hydrogens is 306 g/mol. The molecule has 5 nitrogen and oxygen atoms in total. The first kappa shape index (κ1) is 17.2. The number of hydrogen-bond donors (Lipinski definition) is 1. The highest BCUT2D eigenvalue weighted by molar-refractivity contribution is 5.94. The molecule has 1 amide bonds. The molecule has 2 fully saturated rings. The number of hydrogen-bond acceptors (Lipinski definition) is 4. The van der Waals surface area contributed by atoms with Crippen molar-refractivity contribution >= 4 is 5.91 Å². The predicted molar refractivity (Wildman–Crippen MR) is 91.4 cm³/mol. The average molecular weight is 333 g/mol. The van der Waals surface area contributed by atoms with Crippen LogP contribution >= 0.6 is 0 Å². The molecule has 1 heterocycles. The fourth-order valence-electron chi connectivity index (χ4n) is 3.42. The van der Waals surface area contributed by atoms with E-state index in [1.165, 1.54) is 0 Å². The van der Waals surface area contributed by atoms with Crippen molar-refractivity contribution in [2.24, 2.45) is 0 Å². The van der Waals surface area contributed by atoms with Crippen LogP contribution in [-0.4, -0.2) is 44.0 Å². The Morgan fingerprint density at radius 3 is 2.46 bits per heavy atom. The molecule has 132 valence electrons. The van der Waals surface area contributed by atoms with Gasteiger partial charge in [-0.25, -0.2) is 0 Å². The summed E-state index contributed by atoms with van der Waals surface area (Å²) in [7, 11) is 1.73. The Kier molecular flexibility index (Phi) is 5.41. The molecule has 0 radical (unpaired) electrons. The van der Waals surface area contributed by atoms with Crippen molar-refractivity contribution in [1.82, 2.24) is 5.32 Å². The van der Waals surface area contributed by atoms with Crippen molar-refractivity contribution in [1.29, 1.82) is 0 Å². The molecule has 1 saturated heterocycles. The van der Waals surface area contributed by atoms with Crippen LogP contribution in [0.5, 0.6) is 5.75 Å². The third-order valence-corrected chi connectivity index (χ3v) is 5.33. The highest BCUT2D eigenvalue weighted by atomic mass is 16.5. The second kappa shape index (κ2) is 7.53. The van der Waals surface area contributed by atoms with Crippen molar-refractivity contribution in [3.8, 4) is 5.75 Å². The minimum absolute atomic E-state index is 0.00177. The van der Waals surface area contributed by atoms with Gasteiger partial charge in [0.1, 0.15) is 11.9 Å². The van der Waals surface area contributed by atoms with Crippen LogP contribution in [0.1, 0.15) is 49.4 Å². The Hall–Kier alpha value is -1.59. The molecule has 1 aromatic carbocycles. The number of ether oxygens (including phenoxy) is 3. The van der Waals surface area contributed by atoms with Gasteiger partial charge in [-0.1, -0.05) is 0 Å². The zero-order valence-electron chi connectivity index (χ0n) is 14.5. The second-order valence-corrected chi connectivity index (χ2v) is 6.77. The molecule has 0 aromatic heterocycles. The van der Waals surface area contributed by atoms with Crippen molar-refractivity contribution in [3.63, 3.8) is 0 Å². The van der Waals surface area contributed by atoms with Crippen molar-refractivity contribution in [3.05, 3.63) is 29.8 Å². The molecule has 0 spiro atoms. The van der Waals surface area contributed by atoms with E-state index in [1.54, 1.807) is 7.11 Å². The minimum atomic E-state index is -0.193. The van der Waals surface area contributed by atoms with Crippen LogP contribution in [-0.2, 0) is 9.47 Å². The summed E-state index contributed by atoms with van der Waals surface area (Å²) in [5.74, 6) is 0.738. The van der Waals surface area contributed by atoms with Gasteiger partial charge in [0.2, 0.25) is 0 Å². The lowest BCUT2D eigenvalue weighted by Gasteiger charge is -2.45. The molecule has 1 unspecified atom stereocenters. The minimum Gasteiger partial charge on any atom is -0.490 e. The molecule has 1 aliphatic heterocycles. The summed E-state index contributed by atoms with van der Waals surface area (Å²) in [5, 5.41) is 3.07. The fourth-order valence-corrected chi connectivity index (χ4v) is 3.42. The molecule has 2 aliphatic rings.